The summed E-state index contributed by atoms with van der Waals surface area (Å²) in [5.41, 5.74) is 4.80. The average molecular weight is 205 g/mol. The lowest BCUT2D eigenvalue weighted by Crippen LogP contribution is -2.06. The molecular weight excluding hydrogens is 195 g/mol. The summed E-state index contributed by atoms with van der Waals surface area (Å²) in [4.78, 5) is 0. The largest absolute Gasteiger partial charge is 0.508 e. The summed E-state index contributed by atoms with van der Waals surface area (Å²) in [6.07, 6.45) is -4.05. The molecule has 0 aliphatic rings. The molecule has 1 aromatic carbocycles. The highest BCUT2D eigenvalue weighted by atomic mass is 19.4. The first-order valence-corrected chi connectivity index (χ1v) is 4.04. The normalized spacial score (nSPS) is 11.7. The summed E-state index contributed by atoms with van der Waals surface area (Å²) in [5, 5.41) is 9.23. The number of hydrogen-bond donors (Lipinski definition) is 2. The van der Waals surface area contributed by atoms with E-state index in [1.54, 1.807) is 0 Å². The molecule has 1 aromatic rings. The Labute approximate surface area is 79.2 Å². The molecule has 0 atom stereocenters. The van der Waals surface area contributed by atoms with E-state index in [0.29, 0.717) is 24.6 Å². The molecule has 1 rings (SSSR count). The molecule has 0 aliphatic carbocycles. The second kappa shape index (κ2) is 3.88. The number of hydrogen-bond acceptors (Lipinski definition) is 2. The summed E-state index contributed by atoms with van der Waals surface area (Å²) in [5.74, 6) is -0.356. The quantitative estimate of drug-likeness (QED) is 0.774. The van der Waals surface area contributed by atoms with E-state index in [1.807, 2.05) is 0 Å². The van der Waals surface area contributed by atoms with Gasteiger partial charge in [0.1, 0.15) is 5.75 Å². The van der Waals surface area contributed by atoms with Gasteiger partial charge in [-0.3, -0.25) is 0 Å². The van der Waals surface area contributed by atoms with Crippen molar-refractivity contribution in [1.82, 2.24) is 0 Å². The van der Waals surface area contributed by atoms with Gasteiger partial charge in [-0.2, -0.15) is 13.2 Å². The van der Waals surface area contributed by atoms with Gasteiger partial charge in [-0.05, 0) is 30.7 Å². The van der Waals surface area contributed by atoms with E-state index in [1.165, 1.54) is 6.07 Å². The van der Waals surface area contributed by atoms with Crippen LogP contribution in [-0.2, 0) is 12.6 Å². The third-order valence-corrected chi connectivity index (χ3v) is 1.83. The number of phenols is 1. The van der Waals surface area contributed by atoms with E-state index >= 15 is 0 Å². The van der Waals surface area contributed by atoms with Gasteiger partial charge in [-0.15, -0.1) is 0 Å². The van der Waals surface area contributed by atoms with Crippen LogP contribution in [0.25, 0.3) is 0 Å². The smallest absolute Gasteiger partial charge is 0.416 e. The fraction of sp³-hybridized carbons (Fsp3) is 0.333. The predicted octanol–water partition coefficient (Wildman–Crippen LogP) is 1.91. The van der Waals surface area contributed by atoms with Crippen LogP contribution in [0.3, 0.4) is 0 Å². The zero-order valence-electron chi connectivity index (χ0n) is 7.30. The maximum Gasteiger partial charge on any atom is 0.416 e. The Hall–Kier alpha value is -1.23. The van der Waals surface area contributed by atoms with Gasteiger partial charge in [-0.25, -0.2) is 0 Å². The molecule has 5 heteroatoms. The fourth-order valence-electron chi connectivity index (χ4n) is 1.11. The van der Waals surface area contributed by atoms with Crippen molar-refractivity contribution in [2.75, 3.05) is 6.54 Å². The van der Waals surface area contributed by atoms with Crippen LogP contribution < -0.4 is 5.73 Å². The van der Waals surface area contributed by atoms with Crippen LogP contribution in [0.2, 0.25) is 0 Å². The first-order chi connectivity index (χ1) is 6.45. The molecule has 78 valence electrons. The molecule has 0 heterocycles. The zero-order valence-corrected chi connectivity index (χ0v) is 7.30. The third kappa shape index (κ3) is 2.38. The number of phenolic OH excluding ortho intramolecular Hbond substituents is 1. The van der Waals surface area contributed by atoms with E-state index in [0.717, 1.165) is 6.07 Å². The Bertz CT molecular complexity index is 322. The minimum atomic E-state index is -4.42. The monoisotopic (exact) mass is 205 g/mol. The molecule has 2 nitrogen and oxygen atoms in total. The van der Waals surface area contributed by atoms with Crippen molar-refractivity contribution in [3.05, 3.63) is 29.3 Å². The van der Waals surface area contributed by atoms with Gasteiger partial charge in [-0.1, -0.05) is 6.07 Å². The number of aromatic hydroxyl groups is 1. The molecule has 0 fully saturated rings. The van der Waals surface area contributed by atoms with Crippen LogP contribution in [0.15, 0.2) is 18.2 Å². The van der Waals surface area contributed by atoms with E-state index < -0.39 is 11.7 Å². The van der Waals surface area contributed by atoms with E-state index in [4.69, 9.17) is 5.73 Å². The Kier molecular flexibility index (Phi) is 3.00. The summed E-state index contributed by atoms with van der Waals surface area (Å²) in [6.45, 7) is 0.291. The Morgan fingerprint density at radius 1 is 1.29 bits per heavy atom. The molecule has 0 unspecified atom stereocenters. The number of halogens is 3. The highest BCUT2D eigenvalue weighted by Gasteiger charge is 2.30. The molecule has 0 radical (unpaired) electrons. The Morgan fingerprint density at radius 3 is 2.36 bits per heavy atom. The summed E-state index contributed by atoms with van der Waals surface area (Å²) < 4.78 is 36.4. The number of alkyl halides is 3. The van der Waals surface area contributed by atoms with Crippen molar-refractivity contribution in [2.45, 2.75) is 12.6 Å². The SMILES string of the molecule is NCCc1ccc(C(F)(F)F)cc1O. The van der Waals surface area contributed by atoms with Crippen LogP contribution in [-0.4, -0.2) is 11.7 Å². The van der Waals surface area contributed by atoms with Gasteiger partial charge < -0.3 is 10.8 Å². The number of nitrogens with two attached hydrogens (primary N) is 1. The number of benzene rings is 1. The lowest BCUT2D eigenvalue weighted by Gasteiger charge is -2.09. The first kappa shape index (κ1) is 10.8. The molecule has 0 amide bonds. The van der Waals surface area contributed by atoms with E-state index in [-0.39, 0.29) is 5.75 Å². The fourth-order valence-corrected chi connectivity index (χ4v) is 1.11. The second-order valence-corrected chi connectivity index (χ2v) is 2.88. The van der Waals surface area contributed by atoms with Gasteiger partial charge in [0.25, 0.3) is 0 Å². The minimum Gasteiger partial charge on any atom is -0.508 e. The van der Waals surface area contributed by atoms with Crippen LogP contribution >= 0.6 is 0 Å². The lowest BCUT2D eigenvalue weighted by atomic mass is 10.1. The maximum atomic E-state index is 12.1. The van der Waals surface area contributed by atoms with Gasteiger partial charge in [0, 0.05) is 0 Å². The summed E-state index contributed by atoms with van der Waals surface area (Å²) in [7, 11) is 0. The first-order valence-electron chi connectivity index (χ1n) is 4.04. The van der Waals surface area contributed by atoms with Gasteiger partial charge >= 0.3 is 6.18 Å². The van der Waals surface area contributed by atoms with E-state index in [9.17, 15) is 18.3 Å². The molecule has 0 aromatic heterocycles. The van der Waals surface area contributed by atoms with Crippen molar-refractivity contribution in [2.24, 2.45) is 5.73 Å². The lowest BCUT2D eigenvalue weighted by molar-refractivity contribution is -0.137. The van der Waals surface area contributed by atoms with Crippen LogP contribution in [0.5, 0.6) is 5.75 Å². The predicted molar refractivity (Wildman–Crippen MR) is 45.9 cm³/mol. The molecule has 3 N–H and O–H groups in total. The Morgan fingerprint density at radius 2 is 1.93 bits per heavy atom. The Balaban J connectivity index is 3.01. The van der Waals surface area contributed by atoms with Crippen molar-refractivity contribution < 1.29 is 18.3 Å². The van der Waals surface area contributed by atoms with Crippen molar-refractivity contribution in [3.8, 4) is 5.75 Å². The van der Waals surface area contributed by atoms with E-state index in [2.05, 4.69) is 0 Å². The molecule has 14 heavy (non-hydrogen) atoms. The molecule has 0 bridgehead atoms. The summed E-state index contributed by atoms with van der Waals surface area (Å²) >= 11 is 0. The summed E-state index contributed by atoms with van der Waals surface area (Å²) in [6, 6.07) is 2.89. The van der Waals surface area contributed by atoms with Crippen LogP contribution in [0, 0.1) is 0 Å². The van der Waals surface area contributed by atoms with Crippen molar-refractivity contribution in [1.29, 1.82) is 0 Å². The molecular formula is C9H10F3NO. The van der Waals surface area contributed by atoms with Crippen LogP contribution in [0.1, 0.15) is 11.1 Å². The second-order valence-electron chi connectivity index (χ2n) is 2.88. The van der Waals surface area contributed by atoms with Crippen LogP contribution in [0.4, 0.5) is 13.2 Å². The molecule has 0 saturated heterocycles. The standard InChI is InChI=1S/C9H10F3NO/c10-9(11,12)7-2-1-6(3-4-13)8(14)5-7/h1-2,5,14H,3-4,13H2. The van der Waals surface area contributed by atoms with Gasteiger partial charge in [0.15, 0.2) is 0 Å². The maximum absolute atomic E-state index is 12.1. The van der Waals surface area contributed by atoms with Crippen molar-refractivity contribution >= 4 is 0 Å². The third-order valence-electron chi connectivity index (χ3n) is 1.83. The number of rotatable bonds is 2. The molecule has 0 spiro atoms. The van der Waals surface area contributed by atoms with Crippen molar-refractivity contribution in [3.63, 3.8) is 0 Å². The topological polar surface area (TPSA) is 46.2 Å². The highest BCUT2D eigenvalue weighted by molar-refractivity contribution is 5.37. The minimum absolute atomic E-state index is 0.291. The molecule has 0 saturated carbocycles. The van der Waals surface area contributed by atoms with Gasteiger partial charge in [0.2, 0.25) is 0 Å². The highest BCUT2D eigenvalue weighted by Crippen LogP contribution is 2.32. The van der Waals surface area contributed by atoms with Gasteiger partial charge in [0.05, 0.1) is 5.56 Å². The molecule has 0 aliphatic heterocycles. The average Bonchev–Trinajstić information content (AvgIpc) is 2.07. The zero-order chi connectivity index (χ0) is 10.8.